The SMILES string of the molecule is O=S(=O)([O-])CCCSC(CS)CS.[Na+]. The minimum absolute atomic E-state index is 0. The third-order valence-electron chi connectivity index (χ3n) is 1.30. The van der Waals surface area contributed by atoms with Crippen LogP contribution in [0.15, 0.2) is 0 Å². The topological polar surface area (TPSA) is 57.2 Å². The number of thioether (sulfide) groups is 1. The first-order valence-corrected chi connectivity index (χ1v) is 7.65. The largest absolute Gasteiger partial charge is 1.00 e. The molecule has 0 heterocycles. The van der Waals surface area contributed by atoms with Crippen molar-refractivity contribution in [2.45, 2.75) is 11.7 Å². The van der Waals surface area contributed by atoms with Crippen molar-refractivity contribution in [1.82, 2.24) is 0 Å². The van der Waals surface area contributed by atoms with Gasteiger partial charge in [-0.3, -0.25) is 0 Å². The van der Waals surface area contributed by atoms with Crippen molar-refractivity contribution in [2.75, 3.05) is 23.0 Å². The molecule has 14 heavy (non-hydrogen) atoms. The van der Waals surface area contributed by atoms with E-state index in [0.717, 1.165) is 11.5 Å². The molecule has 0 aliphatic rings. The number of thiol groups is 2. The third-order valence-corrected chi connectivity index (χ3v) is 4.79. The molecule has 0 aromatic rings. The zero-order valence-electron chi connectivity index (χ0n) is 8.05. The molecule has 0 unspecified atom stereocenters. The van der Waals surface area contributed by atoms with Crippen LogP contribution in [0, 0.1) is 0 Å². The first-order valence-electron chi connectivity index (χ1n) is 3.76. The van der Waals surface area contributed by atoms with Gasteiger partial charge in [0.05, 0.1) is 10.1 Å². The van der Waals surface area contributed by atoms with E-state index in [1.54, 1.807) is 11.8 Å². The van der Waals surface area contributed by atoms with Crippen LogP contribution in [0.3, 0.4) is 0 Å². The molecule has 0 saturated heterocycles. The maximum absolute atomic E-state index is 10.2. The minimum Gasteiger partial charge on any atom is -0.748 e. The Bertz CT molecular complexity index is 215. The average Bonchev–Trinajstić information content (AvgIpc) is 2.03. The molecule has 3 nitrogen and oxygen atoms in total. The molecule has 0 atom stereocenters. The summed E-state index contributed by atoms with van der Waals surface area (Å²) in [4.78, 5) is 0. The van der Waals surface area contributed by atoms with Crippen molar-refractivity contribution in [2.24, 2.45) is 0 Å². The van der Waals surface area contributed by atoms with Gasteiger partial charge >= 0.3 is 29.6 Å². The van der Waals surface area contributed by atoms with Gasteiger partial charge in [-0.15, -0.1) is 0 Å². The van der Waals surface area contributed by atoms with Gasteiger partial charge in [0, 0.05) is 22.5 Å². The molecule has 0 N–H and O–H groups in total. The Morgan fingerprint density at radius 3 is 2.14 bits per heavy atom. The van der Waals surface area contributed by atoms with Crippen molar-refractivity contribution in [3.63, 3.8) is 0 Å². The molecule has 0 radical (unpaired) electrons. The van der Waals surface area contributed by atoms with Gasteiger partial charge in [-0.05, 0) is 12.2 Å². The van der Waals surface area contributed by atoms with Crippen LogP contribution >= 0.6 is 37.0 Å². The summed E-state index contributed by atoms with van der Waals surface area (Å²) in [6, 6.07) is 0. The van der Waals surface area contributed by atoms with Crippen LogP contribution < -0.4 is 29.6 Å². The van der Waals surface area contributed by atoms with Crippen LogP contribution in [0.1, 0.15) is 6.42 Å². The third kappa shape index (κ3) is 12.0. The van der Waals surface area contributed by atoms with Crippen molar-refractivity contribution >= 4 is 47.1 Å². The van der Waals surface area contributed by atoms with Crippen LogP contribution in [-0.2, 0) is 10.1 Å². The van der Waals surface area contributed by atoms with Gasteiger partial charge in [-0.2, -0.15) is 37.0 Å². The van der Waals surface area contributed by atoms with E-state index in [2.05, 4.69) is 25.3 Å². The van der Waals surface area contributed by atoms with Crippen LogP contribution in [0.5, 0.6) is 0 Å². The molecule has 0 aliphatic carbocycles. The Labute approximate surface area is 123 Å². The fourth-order valence-electron chi connectivity index (χ4n) is 0.649. The molecule has 0 rings (SSSR count). The molecular formula is C6H13NaO3S4. The van der Waals surface area contributed by atoms with Gasteiger partial charge in [0.1, 0.15) is 0 Å². The van der Waals surface area contributed by atoms with E-state index in [4.69, 9.17) is 0 Å². The molecule has 0 spiro atoms. The molecule has 0 aromatic carbocycles. The Balaban J connectivity index is 0. The second-order valence-corrected chi connectivity index (χ2v) is 6.14. The summed E-state index contributed by atoms with van der Waals surface area (Å²) in [6.07, 6.45) is 0.411. The monoisotopic (exact) mass is 284 g/mol. The van der Waals surface area contributed by atoms with Crippen molar-refractivity contribution in [3.8, 4) is 0 Å². The summed E-state index contributed by atoms with van der Waals surface area (Å²) in [5.74, 6) is 1.84. The van der Waals surface area contributed by atoms with Crippen molar-refractivity contribution in [1.29, 1.82) is 0 Å². The quantitative estimate of drug-likeness (QED) is 0.243. The first kappa shape index (κ1) is 18.3. The van der Waals surface area contributed by atoms with Crippen LogP contribution in [0.2, 0.25) is 0 Å². The predicted octanol–water partition coefficient (Wildman–Crippen LogP) is -2.11. The second kappa shape index (κ2) is 10.1. The number of hydrogen-bond donors (Lipinski definition) is 2. The summed E-state index contributed by atoms with van der Waals surface area (Å²) in [7, 11) is -4.04. The molecule has 0 aromatic heterocycles. The molecular weight excluding hydrogens is 271 g/mol. The Kier molecular flexibility index (Phi) is 13.3. The van der Waals surface area contributed by atoms with Gasteiger partial charge in [0.15, 0.2) is 0 Å². The van der Waals surface area contributed by atoms with Crippen LogP contribution in [0.4, 0.5) is 0 Å². The van der Waals surface area contributed by atoms with Crippen molar-refractivity contribution < 1.29 is 42.5 Å². The standard InChI is InChI=1S/C6H14O3S4.Na/c7-13(8,9)3-1-2-12-6(4-10)5-11;/h6,10-11H,1-5H2,(H,7,8,9);/q;+1/p-1. The van der Waals surface area contributed by atoms with Crippen LogP contribution in [0.25, 0.3) is 0 Å². The molecule has 80 valence electrons. The van der Waals surface area contributed by atoms with E-state index in [1.165, 1.54) is 0 Å². The van der Waals surface area contributed by atoms with E-state index in [9.17, 15) is 13.0 Å². The van der Waals surface area contributed by atoms with E-state index in [-0.39, 0.29) is 35.3 Å². The molecule has 0 amide bonds. The molecule has 0 bridgehead atoms. The van der Waals surface area contributed by atoms with E-state index >= 15 is 0 Å². The van der Waals surface area contributed by atoms with Gasteiger partial charge in [0.25, 0.3) is 0 Å². The molecule has 8 heteroatoms. The molecule has 0 fully saturated rings. The second-order valence-electron chi connectivity index (χ2n) is 2.47. The first-order chi connectivity index (χ1) is 5.99. The van der Waals surface area contributed by atoms with Gasteiger partial charge in [-0.25, -0.2) is 8.42 Å². The fourth-order valence-corrected chi connectivity index (χ4v) is 3.28. The summed E-state index contributed by atoms with van der Waals surface area (Å²) < 4.78 is 30.7. The van der Waals surface area contributed by atoms with Gasteiger partial charge in [-0.1, -0.05) is 0 Å². The van der Waals surface area contributed by atoms with Gasteiger partial charge in [0.2, 0.25) is 0 Å². The Morgan fingerprint density at radius 1 is 1.29 bits per heavy atom. The van der Waals surface area contributed by atoms with E-state index < -0.39 is 10.1 Å². The summed E-state index contributed by atoms with van der Waals surface area (Å²) in [5, 5.41) is 0.334. The Morgan fingerprint density at radius 2 is 1.79 bits per heavy atom. The van der Waals surface area contributed by atoms with E-state index in [0.29, 0.717) is 17.4 Å². The smallest absolute Gasteiger partial charge is 0.748 e. The normalized spacial score (nSPS) is 11.4. The summed E-state index contributed by atoms with van der Waals surface area (Å²) in [5.41, 5.74) is 0. The zero-order valence-corrected chi connectivity index (χ0v) is 13.5. The Hall–Kier alpha value is 1.96. The van der Waals surface area contributed by atoms with E-state index in [1.807, 2.05) is 0 Å². The predicted molar refractivity (Wildman–Crippen MR) is 63.1 cm³/mol. The number of rotatable bonds is 7. The van der Waals surface area contributed by atoms with Crippen LogP contribution in [-0.4, -0.2) is 41.2 Å². The summed E-state index contributed by atoms with van der Waals surface area (Å²) >= 11 is 9.82. The molecule has 0 aliphatic heterocycles. The molecule has 0 saturated carbocycles. The van der Waals surface area contributed by atoms with Crippen molar-refractivity contribution in [3.05, 3.63) is 0 Å². The fraction of sp³-hybridized carbons (Fsp3) is 1.00. The minimum atomic E-state index is -4.04. The maximum Gasteiger partial charge on any atom is 1.00 e. The van der Waals surface area contributed by atoms with Gasteiger partial charge < -0.3 is 4.55 Å². The zero-order chi connectivity index (χ0) is 10.3. The maximum atomic E-state index is 10.2. The summed E-state index contributed by atoms with van der Waals surface area (Å²) in [6.45, 7) is 0. The number of hydrogen-bond acceptors (Lipinski definition) is 6. The average molecular weight is 284 g/mol.